The van der Waals surface area contributed by atoms with Gasteiger partial charge in [-0.2, -0.15) is 0 Å². The number of hydrogen-bond acceptors (Lipinski definition) is 6. The molecule has 2 unspecified atom stereocenters. The quantitative estimate of drug-likeness (QED) is 0.780. The topological polar surface area (TPSA) is 106 Å². The highest BCUT2D eigenvalue weighted by Crippen LogP contribution is 2.57. The van der Waals surface area contributed by atoms with Gasteiger partial charge in [-0.25, -0.2) is 19.2 Å². The van der Waals surface area contributed by atoms with Gasteiger partial charge in [-0.05, 0) is 69.4 Å². The van der Waals surface area contributed by atoms with Gasteiger partial charge in [0.2, 0.25) is 5.88 Å². The second kappa shape index (κ2) is 7.25. The SMILES string of the molecule is Cc1cncc(OC(=O)NC23CC4CC(C2)CC(NC(=O)c2ccc(F)cn2)(C4)C3)n1. The first-order valence-electron chi connectivity index (χ1n) is 10.5. The lowest BCUT2D eigenvalue weighted by atomic mass is 9.50. The molecule has 0 radical (unpaired) electrons. The Hall–Kier alpha value is -3.10. The van der Waals surface area contributed by atoms with Gasteiger partial charge in [0.1, 0.15) is 11.5 Å². The Morgan fingerprint density at radius 3 is 2.42 bits per heavy atom. The zero-order chi connectivity index (χ0) is 21.6. The monoisotopic (exact) mass is 425 g/mol. The van der Waals surface area contributed by atoms with Crippen LogP contribution in [0.25, 0.3) is 0 Å². The molecule has 162 valence electrons. The van der Waals surface area contributed by atoms with Crippen LogP contribution in [0, 0.1) is 24.6 Å². The number of rotatable bonds is 4. The van der Waals surface area contributed by atoms with Crippen molar-refractivity contribution < 1.29 is 18.7 Å². The van der Waals surface area contributed by atoms with E-state index in [1.807, 2.05) is 0 Å². The van der Waals surface area contributed by atoms with Gasteiger partial charge in [0, 0.05) is 17.3 Å². The number of aryl methyl sites for hydroxylation is 1. The Morgan fingerprint density at radius 2 is 1.77 bits per heavy atom. The number of nitrogens with one attached hydrogen (secondary N) is 2. The first kappa shape index (κ1) is 19.8. The number of nitrogens with zero attached hydrogens (tertiary/aromatic N) is 3. The van der Waals surface area contributed by atoms with Crippen molar-refractivity contribution in [2.45, 2.75) is 56.5 Å². The third kappa shape index (κ3) is 3.96. The number of carbonyl (C=O) groups excluding carboxylic acids is 2. The van der Waals surface area contributed by atoms with E-state index in [1.54, 1.807) is 13.1 Å². The molecule has 2 atom stereocenters. The Labute approximate surface area is 179 Å². The van der Waals surface area contributed by atoms with Gasteiger partial charge in [0.05, 0.1) is 18.1 Å². The molecule has 31 heavy (non-hydrogen) atoms. The molecule has 2 heterocycles. The average Bonchev–Trinajstić information content (AvgIpc) is 2.66. The molecule has 0 spiro atoms. The summed E-state index contributed by atoms with van der Waals surface area (Å²) in [7, 11) is 0. The summed E-state index contributed by atoms with van der Waals surface area (Å²) in [6, 6.07) is 2.62. The van der Waals surface area contributed by atoms with Crippen molar-refractivity contribution >= 4 is 12.0 Å². The molecule has 4 fully saturated rings. The normalized spacial score (nSPS) is 30.6. The lowest BCUT2D eigenvalue weighted by molar-refractivity contribution is -0.0450. The second-order valence-electron chi connectivity index (χ2n) is 9.35. The van der Waals surface area contributed by atoms with Gasteiger partial charge in [0.15, 0.2) is 0 Å². The van der Waals surface area contributed by atoms with Gasteiger partial charge in [-0.3, -0.25) is 9.78 Å². The molecule has 2 N–H and O–H groups in total. The van der Waals surface area contributed by atoms with Crippen LogP contribution in [-0.4, -0.2) is 38.0 Å². The molecule has 4 aliphatic carbocycles. The van der Waals surface area contributed by atoms with E-state index in [4.69, 9.17) is 4.74 Å². The molecule has 2 aromatic heterocycles. The predicted octanol–water partition coefficient (Wildman–Crippen LogP) is 2.93. The first-order valence-corrected chi connectivity index (χ1v) is 10.5. The van der Waals surface area contributed by atoms with Crippen molar-refractivity contribution in [2.24, 2.45) is 11.8 Å². The highest BCUT2D eigenvalue weighted by molar-refractivity contribution is 5.92. The van der Waals surface area contributed by atoms with Crippen LogP contribution < -0.4 is 15.4 Å². The van der Waals surface area contributed by atoms with Crippen molar-refractivity contribution in [3.05, 3.63) is 47.9 Å². The van der Waals surface area contributed by atoms with E-state index in [9.17, 15) is 14.0 Å². The third-order valence-electron chi connectivity index (χ3n) is 6.70. The fraction of sp³-hybridized carbons (Fsp3) is 0.500. The Morgan fingerprint density at radius 1 is 1.06 bits per heavy atom. The molecule has 6 rings (SSSR count). The summed E-state index contributed by atoms with van der Waals surface area (Å²) in [5.74, 6) is 0.206. The van der Waals surface area contributed by atoms with E-state index in [-0.39, 0.29) is 17.5 Å². The van der Waals surface area contributed by atoms with Gasteiger partial charge >= 0.3 is 6.09 Å². The smallest absolute Gasteiger partial charge is 0.390 e. The van der Waals surface area contributed by atoms with Gasteiger partial charge in [0.25, 0.3) is 5.91 Å². The maximum Gasteiger partial charge on any atom is 0.414 e. The highest BCUT2D eigenvalue weighted by atomic mass is 19.1. The molecule has 0 aromatic carbocycles. The van der Waals surface area contributed by atoms with Gasteiger partial charge in [-0.1, -0.05) is 0 Å². The van der Waals surface area contributed by atoms with Crippen molar-refractivity contribution in [2.75, 3.05) is 0 Å². The fourth-order valence-electron chi connectivity index (χ4n) is 6.20. The average molecular weight is 425 g/mol. The van der Waals surface area contributed by atoms with E-state index < -0.39 is 23.0 Å². The van der Waals surface area contributed by atoms with Gasteiger partial charge < -0.3 is 15.4 Å². The van der Waals surface area contributed by atoms with Crippen LogP contribution in [-0.2, 0) is 0 Å². The van der Waals surface area contributed by atoms with Crippen LogP contribution in [0.2, 0.25) is 0 Å². The van der Waals surface area contributed by atoms with Crippen LogP contribution in [0.1, 0.15) is 54.7 Å². The van der Waals surface area contributed by atoms with Crippen molar-refractivity contribution in [3.8, 4) is 5.88 Å². The van der Waals surface area contributed by atoms with Crippen LogP contribution in [0.4, 0.5) is 9.18 Å². The number of carbonyl (C=O) groups is 2. The molecule has 2 amide bonds. The summed E-state index contributed by atoms with van der Waals surface area (Å²) in [4.78, 5) is 37.5. The van der Waals surface area contributed by atoms with E-state index in [1.165, 1.54) is 18.3 Å². The predicted molar refractivity (Wildman–Crippen MR) is 108 cm³/mol. The molecular formula is C22H24FN5O3. The Bertz CT molecular complexity index is 1010. The first-order chi connectivity index (χ1) is 14.8. The van der Waals surface area contributed by atoms with Crippen molar-refractivity contribution in [1.82, 2.24) is 25.6 Å². The summed E-state index contributed by atoms with van der Waals surface area (Å²) in [5.41, 5.74) is 0.0167. The van der Waals surface area contributed by atoms with Gasteiger partial charge in [-0.15, -0.1) is 0 Å². The zero-order valence-corrected chi connectivity index (χ0v) is 17.2. The molecule has 8 nitrogen and oxygen atoms in total. The fourth-order valence-corrected chi connectivity index (χ4v) is 6.20. The number of ether oxygens (including phenoxy) is 1. The van der Waals surface area contributed by atoms with E-state index in [0.29, 0.717) is 24.0 Å². The van der Waals surface area contributed by atoms with E-state index >= 15 is 0 Å². The molecule has 9 heteroatoms. The van der Waals surface area contributed by atoms with E-state index in [0.717, 1.165) is 38.3 Å². The third-order valence-corrected chi connectivity index (χ3v) is 6.70. The minimum atomic E-state index is -0.552. The number of hydrogen-bond donors (Lipinski definition) is 2. The number of amides is 2. The highest BCUT2D eigenvalue weighted by Gasteiger charge is 2.59. The molecule has 4 saturated carbocycles. The van der Waals surface area contributed by atoms with Crippen molar-refractivity contribution in [3.63, 3.8) is 0 Å². The number of pyridine rings is 1. The largest absolute Gasteiger partial charge is 0.414 e. The second-order valence-corrected chi connectivity index (χ2v) is 9.35. The minimum Gasteiger partial charge on any atom is -0.390 e. The maximum atomic E-state index is 13.2. The lowest BCUT2D eigenvalue weighted by Gasteiger charge is -2.61. The maximum absolute atomic E-state index is 13.2. The molecule has 2 aromatic rings. The van der Waals surface area contributed by atoms with Crippen LogP contribution >= 0.6 is 0 Å². The number of halogens is 1. The molecular weight excluding hydrogens is 401 g/mol. The Balaban J connectivity index is 1.32. The molecule has 0 aliphatic heterocycles. The summed E-state index contributed by atoms with van der Waals surface area (Å²) in [6.45, 7) is 1.78. The lowest BCUT2D eigenvalue weighted by Crippen LogP contribution is -2.70. The zero-order valence-electron chi connectivity index (χ0n) is 17.2. The van der Waals surface area contributed by atoms with Crippen LogP contribution in [0.5, 0.6) is 5.88 Å². The van der Waals surface area contributed by atoms with Crippen LogP contribution in [0.3, 0.4) is 0 Å². The Kier molecular flexibility index (Phi) is 4.64. The summed E-state index contributed by atoms with van der Waals surface area (Å²) in [6.07, 6.45) is 8.70. The summed E-state index contributed by atoms with van der Waals surface area (Å²) >= 11 is 0. The summed E-state index contributed by atoms with van der Waals surface area (Å²) < 4.78 is 18.5. The minimum absolute atomic E-state index is 0.160. The summed E-state index contributed by atoms with van der Waals surface area (Å²) in [5, 5.41) is 6.27. The molecule has 0 saturated heterocycles. The van der Waals surface area contributed by atoms with Crippen molar-refractivity contribution in [1.29, 1.82) is 0 Å². The van der Waals surface area contributed by atoms with Crippen LogP contribution in [0.15, 0.2) is 30.7 Å². The standard InChI is InChI=1S/C22H24FN5O3/c1-13-9-24-11-18(26-13)31-20(30)28-22-7-14-4-15(8-22)6-21(5-14,12-22)27-19(29)17-3-2-16(23)10-25-17/h2-3,9-11,14-15H,4-8,12H2,1H3,(H,27,29)(H,28,30). The molecule has 4 aliphatic rings. The number of aromatic nitrogens is 3. The van der Waals surface area contributed by atoms with E-state index in [2.05, 4.69) is 25.6 Å². The molecule has 4 bridgehead atoms.